The lowest BCUT2D eigenvalue weighted by molar-refractivity contribution is -0.142. The highest BCUT2D eigenvalue weighted by atomic mass is 79.9. The van der Waals surface area contributed by atoms with Gasteiger partial charge in [-0.25, -0.2) is 4.39 Å². The number of carboxylic acid groups (broad SMARTS) is 1. The van der Waals surface area contributed by atoms with Gasteiger partial charge < -0.3 is 10.4 Å². The molecule has 0 heterocycles. The molecule has 1 amide bonds. The summed E-state index contributed by atoms with van der Waals surface area (Å²) in [5, 5.41) is 11.5. The van der Waals surface area contributed by atoms with Crippen molar-refractivity contribution in [3.63, 3.8) is 0 Å². The number of amides is 1. The van der Waals surface area contributed by atoms with Crippen molar-refractivity contribution >= 4 is 27.8 Å². The van der Waals surface area contributed by atoms with Crippen LogP contribution in [0.4, 0.5) is 4.39 Å². The Morgan fingerprint density at radius 2 is 2.05 bits per heavy atom. The monoisotopic (exact) mass is 345 g/mol. The minimum atomic E-state index is -0.963. The van der Waals surface area contributed by atoms with Crippen LogP contribution < -0.4 is 5.32 Å². The summed E-state index contributed by atoms with van der Waals surface area (Å²) in [6.45, 7) is 3.81. The van der Waals surface area contributed by atoms with Crippen molar-refractivity contribution in [1.82, 2.24) is 5.32 Å². The van der Waals surface area contributed by atoms with Gasteiger partial charge in [0.15, 0.2) is 0 Å². The third-order valence-electron chi connectivity index (χ3n) is 2.79. The predicted octanol–water partition coefficient (Wildman–Crippen LogP) is 3.06. The van der Waals surface area contributed by atoms with Crippen molar-refractivity contribution in [3.8, 4) is 0 Å². The van der Waals surface area contributed by atoms with Gasteiger partial charge in [0.1, 0.15) is 5.82 Å². The van der Waals surface area contributed by atoms with Gasteiger partial charge in [0, 0.05) is 11.0 Å². The molecular weight excluding hydrogens is 329 g/mol. The normalized spacial score (nSPS) is 12.2. The van der Waals surface area contributed by atoms with Crippen LogP contribution in [0.2, 0.25) is 0 Å². The molecular formula is C14H17BrFNO3. The molecule has 6 heteroatoms. The van der Waals surface area contributed by atoms with Crippen molar-refractivity contribution in [3.05, 3.63) is 34.1 Å². The lowest BCUT2D eigenvalue weighted by atomic mass is 9.97. The number of halogens is 2. The van der Waals surface area contributed by atoms with Crippen LogP contribution in [0.15, 0.2) is 22.7 Å². The highest BCUT2D eigenvalue weighted by molar-refractivity contribution is 9.10. The number of hydrogen-bond acceptors (Lipinski definition) is 2. The van der Waals surface area contributed by atoms with Gasteiger partial charge in [0.05, 0.1) is 11.5 Å². The number of aliphatic carboxylic acids is 1. The molecule has 110 valence electrons. The second kappa shape index (κ2) is 7.38. The number of carbonyl (C=O) groups excluding carboxylic acids is 1. The Hall–Kier alpha value is -1.43. The summed E-state index contributed by atoms with van der Waals surface area (Å²) >= 11 is 3.10. The maximum atomic E-state index is 13.6. The molecule has 0 bridgehead atoms. The fourth-order valence-corrected chi connectivity index (χ4v) is 2.16. The Labute approximate surface area is 125 Å². The number of nitrogens with one attached hydrogen (secondary N) is 1. The van der Waals surface area contributed by atoms with Gasteiger partial charge in [0.25, 0.3) is 5.91 Å². The molecule has 20 heavy (non-hydrogen) atoms. The van der Waals surface area contributed by atoms with Gasteiger partial charge in [-0.2, -0.15) is 0 Å². The molecule has 1 aromatic carbocycles. The number of carboxylic acids is 1. The van der Waals surface area contributed by atoms with E-state index in [1.807, 2.05) is 13.8 Å². The van der Waals surface area contributed by atoms with Crippen LogP contribution in [0.25, 0.3) is 0 Å². The maximum absolute atomic E-state index is 13.6. The molecule has 4 nitrogen and oxygen atoms in total. The first-order valence-electron chi connectivity index (χ1n) is 6.27. The lowest BCUT2D eigenvalue weighted by Crippen LogP contribution is -2.34. The summed E-state index contributed by atoms with van der Waals surface area (Å²) in [5.74, 6) is -2.68. The van der Waals surface area contributed by atoms with E-state index in [0.29, 0.717) is 10.9 Å². The van der Waals surface area contributed by atoms with E-state index >= 15 is 0 Å². The number of benzene rings is 1. The average Bonchev–Trinajstić information content (AvgIpc) is 2.33. The SMILES string of the molecule is CC(C)CC(CNC(=O)c1ccc(Br)cc1F)C(=O)O. The highest BCUT2D eigenvalue weighted by Gasteiger charge is 2.20. The summed E-state index contributed by atoms with van der Waals surface area (Å²) in [7, 11) is 0. The van der Waals surface area contributed by atoms with Gasteiger partial charge in [-0.15, -0.1) is 0 Å². The van der Waals surface area contributed by atoms with E-state index in [1.165, 1.54) is 12.1 Å². The van der Waals surface area contributed by atoms with Gasteiger partial charge in [-0.1, -0.05) is 29.8 Å². The van der Waals surface area contributed by atoms with Crippen molar-refractivity contribution in [2.75, 3.05) is 6.54 Å². The van der Waals surface area contributed by atoms with Crippen LogP contribution >= 0.6 is 15.9 Å². The smallest absolute Gasteiger partial charge is 0.308 e. The zero-order valence-electron chi connectivity index (χ0n) is 11.3. The third kappa shape index (κ3) is 4.92. The quantitative estimate of drug-likeness (QED) is 0.832. The van der Waals surface area contributed by atoms with Crippen LogP contribution in [0, 0.1) is 17.7 Å². The fourth-order valence-electron chi connectivity index (χ4n) is 1.83. The van der Waals surface area contributed by atoms with Gasteiger partial charge in [-0.05, 0) is 30.5 Å². The summed E-state index contributed by atoms with van der Waals surface area (Å²) in [4.78, 5) is 22.9. The molecule has 0 radical (unpaired) electrons. The molecule has 0 aliphatic rings. The van der Waals surface area contributed by atoms with E-state index in [2.05, 4.69) is 21.2 Å². The Bertz CT molecular complexity index is 505. The molecule has 0 aromatic heterocycles. The summed E-state index contributed by atoms with van der Waals surface area (Å²) in [6, 6.07) is 4.10. The largest absolute Gasteiger partial charge is 0.481 e. The van der Waals surface area contributed by atoms with Crippen LogP contribution in [0.3, 0.4) is 0 Å². The molecule has 2 N–H and O–H groups in total. The second-order valence-electron chi connectivity index (χ2n) is 5.00. The van der Waals surface area contributed by atoms with Crippen molar-refractivity contribution in [2.24, 2.45) is 11.8 Å². The third-order valence-corrected chi connectivity index (χ3v) is 3.28. The number of rotatable bonds is 6. The van der Waals surface area contributed by atoms with Gasteiger partial charge in [-0.3, -0.25) is 9.59 Å². The molecule has 0 aliphatic heterocycles. The Morgan fingerprint density at radius 3 is 2.55 bits per heavy atom. The first kappa shape index (κ1) is 16.6. The topological polar surface area (TPSA) is 66.4 Å². The van der Waals surface area contributed by atoms with Crippen molar-refractivity contribution < 1.29 is 19.1 Å². The molecule has 1 atom stereocenters. The molecule has 0 fully saturated rings. The highest BCUT2D eigenvalue weighted by Crippen LogP contribution is 2.16. The minimum Gasteiger partial charge on any atom is -0.481 e. The minimum absolute atomic E-state index is 0.0121. The summed E-state index contributed by atoms with van der Waals surface area (Å²) in [6.07, 6.45) is 0.457. The van der Waals surface area contributed by atoms with Gasteiger partial charge >= 0.3 is 5.97 Å². The van der Waals surface area contributed by atoms with Crippen LogP contribution in [-0.4, -0.2) is 23.5 Å². The van der Waals surface area contributed by atoms with E-state index < -0.39 is 23.6 Å². The number of carbonyl (C=O) groups is 2. The Balaban J connectivity index is 2.68. The lowest BCUT2D eigenvalue weighted by Gasteiger charge is -2.15. The standard InChI is InChI=1S/C14H17BrFNO3/c1-8(2)5-9(14(19)20)7-17-13(18)11-4-3-10(15)6-12(11)16/h3-4,6,8-9H,5,7H2,1-2H3,(H,17,18)(H,19,20). The first-order chi connectivity index (χ1) is 9.31. The predicted molar refractivity (Wildman–Crippen MR) is 77.0 cm³/mol. The van der Waals surface area contributed by atoms with Crippen LogP contribution in [0.5, 0.6) is 0 Å². The van der Waals surface area contributed by atoms with Crippen LogP contribution in [-0.2, 0) is 4.79 Å². The summed E-state index contributed by atoms with van der Waals surface area (Å²) in [5.41, 5.74) is -0.0955. The zero-order chi connectivity index (χ0) is 15.3. The Morgan fingerprint density at radius 1 is 1.40 bits per heavy atom. The van der Waals surface area contributed by atoms with Crippen LogP contribution in [0.1, 0.15) is 30.6 Å². The van der Waals surface area contributed by atoms with E-state index in [1.54, 1.807) is 6.07 Å². The van der Waals surface area contributed by atoms with E-state index in [4.69, 9.17) is 5.11 Å². The molecule has 1 unspecified atom stereocenters. The molecule has 1 aromatic rings. The van der Waals surface area contributed by atoms with Crippen molar-refractivity contribution in [2.45, 2.75) is 20.3 Å². The molecule has 0 spiro atoms. The zero-order valence-corrected chi connectivity index (χ0v) is 12.9. The Kier molecular flexibility index (Phi) is 6.13. The van der Waals surface area contributed by atoms with Crippen molar-refractivity contribution in [1.29, 1.82) is 0 Å². The fraction of sp³-hybridized carbons (Fsp3) is 0.429. The summed E-state index contributed by atoms with van der Waals surface area (Å²) < 4.78 is 14.1. The maximum Gasteiger partial charge on any atom is 0.308 e. The van der Waals surface area contributed by atoms with E-state index in [-0.39, 0.29) is 18.0 Å². The molecule has 0 aliphatic carbocycles. The molecule has 1 rings (SSSR count). The molecule has 0 saturated carbocycles. The van der Waals surface area contributed by atoms with E-state index in [9.17, 15) is 14.0 Å². The molecule has 0 saturated heterocycles. The number of hydrogen-bond donors (Lipinski definition) is 2. The van der Waals surface area contributed by atoms with E-state index in [0.717, 1.165) is 0 Å². The second-order valence-corrected chi connectivity index (χ2v) is 5.91. The average molecular weight is 346 g/mol. The van der Waals surface area contributed by atoms with Gasteiger partial charge in [0.2, 0.25) is 0 Å². The first-order valence-corrected chi connectivity index (χ1v) is 7.06.